The van der Waals surface area contributed by atoms with E-state index in [9.17, 15) is 4.79 Å². The fourth-order valence-corrected chi connectivity index (χ4v) is 1.18. The maximum atomic E-state index is 11.2. The highest BCUT2D eigenvalue weighted by Gasteiger charge is 2.02. The lowest BCUT2D eigenvalue weighted by Crippen LogP contribution is -2.29. The number of carbonyl (C=O) groups excluding carboxylic acids is 1. The first-order valence-corrected chi connectivity index (χ1v) is 5.38. The molecule has 4 nitrogen and oxygen atoms in total. The van der Waals surface area contributed by atoms with Gasteiger partial charge >= 0.3 is 6.09 Å². The summed E-state index contributed by atoms with van der Waals surface area (Å²) in [6, 6.07) is 9.66. The molecule has 0 aliphatic rings. The van der Waals surface area contributed by atoms with Crippen LogP contribution in [0, 0.1) is 0 Å². The van der Waals surface area contributed by atoms with Crippen molar-refractivity contribution in [3.63, 3.8) is 0 Å². The monoisotopic (exact) mass is 222 g/mol. The molecule has 1 aromatic rings. The van der Waals surface area contributed by atoms with Gasteiger partial charge in [-0.25, -0.2) is 4.79 Å². The van der Waals surface area contributed by atoms with Gasteiger partial charge in [0.1, 0.15) is 6.61 Å². The topological polar surface area (TPSA) is 64.3 Å². The molecule has 0 heterocycles. The molecule has 0 saturated heterocycles. The zero-order valence-electron chi connectivity index (χ0n) is 9.48. The highest BCUT2D eigenvalue weighted by atomic mass is 16.5. The number of hydrogen-bond acceptors (Lipinski definition) is 3. The smallest absolute Gasteiger partial charge is 0.407 e. The van der Waals surface area contributed by atoms with E-state index in [2.05, 4.69) is 5.32 Å². The van der Waals surface area contributed by atoms with Gasteiger partial charge in [0.25, 0.3) is 0 Å². The predicted molar refractivity (Wildman–Crippen MR) is 62.9 cm³/mol. The Hall–Kier alpha value is -1.55. The van der Waals surface area contributed by atoms with Crippen molar-refractivity contribution in [1.82, 2.24) is 5.32 Å². The lowest BCUT2D eigenvalue weighted by atomic mass is 10.2. The molecule has 4 heteroatoms. The molecule has 0 aliphatic carbocycles. The molecule has 1 atom stereocenters. The standard InChI is InChI=1S/C12H18N2O2/c1-10(13)7-8-14-12(15)16-9-11-5-3-2-4-6-11/h2-6,10H,7-9,13H2,1H3,(H,14,15). The second kappa shape index (κ2) is 6.85. The highest BCUT2D eigenvalue weighted by Crippen LogP contribution is 2.00. The normalized spacial score (nSPS) is 11.9. The van der Waals surface area contributed by atoms with Crippen molar-refractivity contribution < 1.29 is 9.53 Å². The minimum Gasteiger partial charge on any atom is -0.445 e. The summed E-state index contributed by atoms with van der Waals surface area (Å²) in [5.41, 5.74) is 6.53. The first kappa shape index (κ1) is 12.5. The highest BCUT2D eigenvalue weighted by molar-refractivity contribution is 5.67. The van der Waals surface area contributed by atoms with E-state index in [1.165, 1.54) is 0 Å². The van der Waals surface area contributed by atoms with E-state index in [1.807, 2.05) is 37.3 Å². The zero-order valence-corrected chi connectivity index (χ0v) is 9.48. The summed E-state index contributed by atoms with van der Waals surface area (Å²) in [5, 5.41) is 2.64. The SMILES string of the molecule is CC(N)CCNC(=O)OCc1ccccc1. The predicted octanol–water partition coefficient (Wildman–Crippen LogP) is 1.65. The van der Waals surface area contributed by atoms with Gasteiger partial charge < -0.3 is 15.8 Å². The van der Waals surface area contributed by atoms with Crippen molar-refractivity contribution in [2.75, 3.05) is 6.54 Å². The average Bonchev–Trinajstić information content (AvgIpc) is 2.27. The van der Waals surface area contributed by atoms with Gasteiger partial charge in [-0.15, -0.1) is 0 Å². The summed E-state index contributed by atoms with van der Waals surface area (Å²) in [5.74, 6) is 0. The van der Waals surface area contributed by atoms with E-state index < -0.39 is 6.09 Å². The molecule has 1 unspecified atom stereocenters. The summed E-state index contributed by atoms with van der Waals surface area (Å²) in [6.45, 7) is 2.74. The third kappa shape index (κ3) is 5.36. The van der Waals surface area contributed by atoms with Gasteiger partial charge in [-0.1, -0.05) is 30.3 Å². The molecule has 1 aromatic carbocycles. The summed E-state index contributed by atoms with van der Waals surface area (Å²) in [6.07, 6.45) is 0.352. The van der Waals surface area contributed by atoms with Crippen LogP contribution in [-0.4, -0.2) is 18.7 Å². The van der Waals surface area contributed by atoms with Crippen LogP contribution < -0.4 is 11.1 Å². The van der Waals surface area contributed by atoms with Crippen LogP contribution in [0.5, 0.6) is 0 Å². The lowest BCUT2D eigenvalue weighted by molar-refractivity contribution is 0.139. The van der Waals surface area contributed by atoms with Crippen LogP contribution in [0.25, 0.3) is 0 Å². The number of amides is 1. The largest absolute Gasteiger partial charge is 0.445 e. The van der Waals surface area contributed by atoms with Crippen molar-refractivity contribution in [2.45, 2.75) is 26.0 Å². The van der Waals surface area contributed by atoms with Gasteiger partial charge in [0.15, 0.2) is 0 Å². The molecule has 0 fully saturated rings. The van der Waals surface area contributed by atoms with Gasteiger partial charge in [0.2, 0.25) is 0 Å². The van der Waals surface area contributed by atoms with Crippen LogP contribution in [0.1, 0.15) is 18.9 Å². The fourth-order valence-electron chi connectivity index (χ4n) is 1.18. The molecule has 0 spiro atoms. The molecule has 16 heavy (non-hydrogen) atoms. The maximum Gasteiger partial charge on any atom is 0.407 e. The molecule has 0 bridgehead atoms. The van der Waals surface area contributed by atoms with Crippen LogP contribution in [-0.2, 0) is 11.3 Å². The van der Waals surface area contributed by atoms with Gasteiger partial charge in [-0.2, -0.15) is 0 Å². The molecule has 88 valence electrons. The van der Waals surface area contributed by atoms with Crippen LogP contribution in [0.3, 0.4) is 0 Å². The molecule has 1 amide bonds. The van der Waals surface area contributed by atoms with Crippen molar-refractivity contribution in [2.24, 2.45) is 5.73 Å². The van der Waals surface area contributed by atoms with Crippen molar-refractivity contribution in [1.29, 1.82) is 0 Å². The third-order valence-electron chi connectivity index (χ3n) is 2.08. The Kier molecular flexibility index (Phi) is 5.36. The summed E-state index contributed by atoms with van der Waals surface area (Å²) in [4.78, 5) is 11.2. The maximum absolute atomic E-state index is 11.2. The fraction of sp³-hybridized carbons (Fsp3) is 0.417. The summed E-state index contributed by atoms with van der Waals surface area (Å²) in [7, 11) is 0. The van der Waals surface area contributed by atoms with E-state index in [0.29, 0.717) is 13.2 Å². The van der Waals surface area contributed by atoms with E-state index in [4.69, 9.17) is 10.5 Å². The Morgan fingerprint density at radius 2 is 2.12 bits per heavy atom. The average molecular weight is 222 g/mol. The van der Waals surface area contributed by atoms with Crippen LogP contribution in [0.15, 0.2) is 30.3 Å². The van der Waals surface area contributed by atoms with Gasteiger partial charge in [-0.05, 0) is 18.9 Å². The number of carbonyl (C=O) groups is 1. The minimum atomic E-state index is -0.399. The van der Waals surface area contributed by atoms with E-state index in [0.717, 1.165) is 12.0 Å². The second-order valence-corrected chi connectivity index (χ2v) is 3.75. The van der Waals surface area contributed by atoms with Crippen molar-refractivity contribution >= 4 is 6.09 Å². The van der Waals surface area contributed by atoms with Crippen LogP contribution >= 0.6 is 0 Å². The Morgan fingerprint density at radius 3 is 2.75 bits per heavy atom. The van der Waals surface area contributed by atoms with Gasteiger partial charge in [0.05, 0.1) is 0 Å². The van der Waals surface area contributed by atoms with E-state index in [1.54, 1.807) is 0 Å². The molecule has 0 aromatic heterocycles. The third-order valence-corrected chi connectivity index (χ3v) is 2.08. The van der Waals surface area contributed by atoms with Crippen LogP contribution in [0.2, 0.25) is 0 Å². The molecule has 3 N–H and O–H groups in total. The minimum absolute atomic E-state index is 0.0921. The van der Waals surface area contributed by atoms with Gasteiger partial charge in [-0.3, -0.25) is 0 Å². The van der Waals surface area contributed by atoms with Crippen molar-refractivity contribution in [3.8, 4) is 0 Å². The quantitative estimate of drug-likeness (QED) is 0.796. The van der Waals surface area contributed by atoms with E-state index in [-0.39, 0.29) is 6.04 Å². The number of alkyl carbamates (subject to hydrolysis) is 1. The number of rotatable bonds is 5. The number of nitrogens with one attached hydrogen (secondary N) is 1. The van der Waals surface area contributed by atoms with Gasteiger partial charge in [0, 0.05) is 12.6 Å². The summed E-state index contributed by atoms with van der Waals surface area (Å²) < 4.78 is 5.02. The number of ether oxygens (including phenoxy) is 1. The van der Waals surface area contributed by atoms with Crippen molar-refractivity contribution in [3.05, 3.63) is 35.9 Å². The molecule has 1 rings (SSSR count). The number of benzene rings is 1. The van der Waals surface area contributed by atoms with E-state index >= 15 is 0 Å². The first-order valence-electron chi connectivity index (χ1n) is 5.38. The Bertz CT molecular complexity index is 312. The molecule has 0 radical (unpaired) electrons. The molecular weight excluding hydrogens is 204 g/mol. The number of hydrogen-bond donors (Lipinski definition) is 2. The molecular formula is C12H18N2O2. The Morgan fingerprint density at radius 1 is 1.44 bits per heavy atom. The first-order chi connectivity index (χ1) is 7.68. The van der Waals surface area contributed by atoms with Crippen LogP contribution in [0.4, 0.5) is 4.79 Å². The Balaban J connectivity index is 2.16. The lowest BCUT2D eigenvalue weighted by Gasteiger charge is -2.08. The molecule has 0 saturated carbocycles. The zero-order chi connectivity index (χ0) is 11.8. The Labute approximate surface area is 95.8 Å². The molecule has 0 aliphatic heterocycles. The second-order valence-electron chi connectivity index (χ2n) is 3.75. The number of nitrogens with two attached hydrogens (primary N) is 1. The summed E-state index contributed by atoms with van der Waals surface area (Å²) >= 11 is 0.